The second kappa shape index (κ2) is 7.39. The molecule has 0 amide bonds. The number of allylic oxidation sites excluding steroid dienone is 1. The maximum atomic E-state index is 17.2. The molecule has 0 bridgehead atoms. The number of carbonyl (C=O) groups excluding carboxylic acids is 2. The molecule has 4 aliphatic carbocycles. The van der Waals surface area contributed by atoms with Crippen molar-refractivity contribution in [2.75, 3.05) is 6.61 Å². The number of Topliss-reactive ketones (excluding diaryl/α,β-unsaturated/α-hetero) is 1. The fourth-order valence-corrected chi connectivity index (χ4v) is 8.36. The van der Waals surface area contributed by atoms with Crippen molar-refractivity contribution >= 4 is 11.6 Å². The number of fused-ring (bicyclic) bond motifs is 7. The van der Waals surface area contributed by atoms with Gasteiger partial charge in [-0.3, -0.25) is 9.59 Å². The summed E-state index contributed by atoms with van der Waals surface area (Å²) >= 11 is 0. The summed E-state index contributed by atoms with van der Waals surface area (Å²) in [5.74, 6) is -2.10. The highest BCUT2D eigenvalue weighted by molar-refractivity contribution is 5.92. The number of aliphatic hydroxyl groups excluding tert-OH is 2. The second-order valence-electron chi connectivity index (χ2n) is 11.2. The van der Waals surface area contributed by atoms with Crippen LogP contribution >= 0.6 is 0 Å². The van der Waals surface area contributed by atoms with Crippen LogP contribution < -0.4 is 0 Å². The van der Waals surface area contributed by atoms with Gasteiger partial charge in [0.05, 0.1) is 12.2 Å². The number of ether oxygens (including phenoxy) is 2. The van der Waals surface area contributed by atoms with Gasteiger partial charge >= 0.3 is 0 Å². The molecule has 3 saturated carbocycles. The number of ketones is 2. The summed E-state index contributed by atoms with van der Waals surface area (Å²) in [6.45, 7) is 4.65. The Labute approximate surface area is 192 Å². The van der Waals surface area contributed by atoms with E-state index in [4.69, 9.17) is 9.47 Å². The van der Waals surface area contributed by atoms with E-state index >= 15 is 8.78 Å². The Morgan fingerprint density at radius 3 is 2.67 bits per heavy atom. The zero-order chi connectivity index (χ0) is 24.0. The topological polar surface area (TPSA) is 93.1 Å². The highest BCUT2D eigenvalue weighted by atomic mass is 19.1. The van der Waals surface area contributed by atoms with Crippen LogP contribution in [-0.2, 0) is 19.1 Å². The molecular formula is C25H34F2O6. The summed E-state index contributed by atoms with van der Waals surface area (Å²) < 4.78 is 45.1. The molecule has 5 aliphatic rings. The maximum absolute atomic E-state index is 17.2. The Morgan fingerprint density at radius 2 is 2.00 bits per heavy atom. The second-order valence-corrected chi connectivity index (χ2v) is 11.2. The van der Waals surface area contributed by atoms with Gasteiger partial charge in [-0.25, -0.2) is 8.78 Å². The molecule has 0 radical (unpaired) electrons. The molecule has 4 fully saturated rings. The third kappa shape index (κ3) is 2.67. The van der Waals surface area contributed by atoms with Crippen LogP contribution in [0, 0.1) is 22.7 Å². The molecule has 0 aromatic heterocycles. The van der Waals surface area contributed by atoms with Crippen molar-refractivity contribution in [3.8, 4) is 0 Å². The summed E-state index contributed by atoms with van der Waals surface area (Å²) in [4.78, 5) is 25.2. The van der Waals surface area contributed by atoms with Gasteiger partial charge in [-0.05, 0) is 49.7 Å². The lowest BCUT2D eigenvalue weighted by atomic mass is 9.43. The molecule has 5 rings (SSSR count). The molecule has 1 heterocycles. The average molecular weight is 469 g/mol. The van der Waals surface area contributed by atoms with E-state index in [9.17, 15) is 19.8 Å². The molecule has 0 aromatic carbocycles. The molecule has 2 unspecified atom stereocenters. The summed E-state index contributed by atoms with van der Waals surface area (Å²) in [5, 5.41) is 21.3. The summed E-state index contributed by atoms with van der Waals surface area (Å²) in [6.07, 6.45) is -1.37. The zero-order valence-electron chi connectivity index (χ0n) is 19.5. The summed E-state index contributed by atoms with van der Waals surface area (Å²) in [7, 11) is 0. The minimum absolute atomic E-state index is 0.0666. The largest absolute Gasteiger partial charge is 0.390 e. The third-order valence-corrected chi connectivity index (χ3v) is 9.90. The van der Waals surface area contributed by atoms with Gasteiger partial charge in [-0.1, -0.05) is 27.2 Å². The Kier molecular flexibility index (Phi) is 5.27. The smallest absolute Gasteiger partial charge is 0.193 e. The van der Waals surface area contributed by atoms with E-state index in [1.165, 1.54) is 6.08 Å². The number of aliphatic hydroxyl groups is 2. The quantitative estimate of drug-likeness (QED) is 0.659. The van der Waals surface area contributed by atoms with Crippen molar-refractivity contribution in [3.63, 3.8) is 0 Å². The Hall–Kier alpha value is -1.22. The predicted molar refractivity (Wildman–Crippen MR) is 114 cm³/mol. The monoisotopic (exact) mass is 468 g/mol. The van der Waals surface area contributed by atoms with Crippen LogP contribution in [0.15, 0.2) is 11.6 Å². The van der Waals surface area contributed by atoms with Crippen molar-refractivity contribution in [2.24, 2.45) is 22.7 Å². The molecular weight excluding hydrogens is 434 g/mol. The van der Waals surface area contributed by atoms with Crippen molar-refractivity contribution in [2.45, 2.75) is 102 Å². The average Bonchev–Trinajstić information content (AvgIpc) is 3.24. The molecule has 184 valence electrons. The molecule has 10 atom stereocenters. The minimum Gasteiger partial charge on any atom is -0.390 e. The first-order chi connectivity index (χ1) is 15.5. The molecule has 6 nitrogen and oxygen atoms in total. The first-order valence-electron chi connectivity index (χ1n) is 12.2. The molecule has 0 aromatic rings. The lowest BCUT2D eigenvalue weighted by Crippen LogP contribution is -2.71. The Balaban J connectivity index is 1.61. The van der Waals surface area contributed by atoms with Crippen LogP contribution in [0.5, 0.6) is 0 Å². The number of hydrogen-bond acceptors (Lipinski definition) is 6. The zero-order valence-corrected chi connectivity index (χ0v) is 19.5. The fourth-order valence-electron chi connectivity index (χ4n) is 8.36. The van der Waals surface area contributed by atoms with Crippen LogP contribution in [0.1, 0.15) is 65.7 Å². The standard InChI is InChI=1S/C25H34F2O6/c1-4-5-21-32-20-10-14-15-9-17(26)16-8-13(29)6-7-22(16,2)24(15,27)18(30)11-23(14,3)25(20,33-21)19(31)12-28/h8,14-15,17-18,20-21,28,30H,4-7,9-12H2,1-3H3/t14?,15?,17-,18-,20+,21+,22-,23-,24-,25+/m0/s1. The molecule has 33 heavy (non-hydrogen) atoms. The fraction of sp³-hybridized carbons (Fsp3) is 0.840. The van der Waals surface area contributed by atoms with E-state index in [0.29, 0.717) is 12.8 Å². The summed E-state index contributed by atoms with van der Waals surface area (Å²) in [6, 6.07) is 0. The first-order valence-corrected chi connectivity index (χ1v) is 12.2. The lowest BCUT2D eigenvalue weighted by molar-refractivity contribution is -0.242. The molecule has 2 N–H and O–H groups in total. The van der Waals surface area contributed by atoms with Crippen molar-refractivity contribution in [3.05, 3.63) is 11.6 Å². The normalized spacial score (nSPS) is 53.1. The van der Waals surface area contributed by atoms with Gasteiger partial charge < -0.3 is 19.7 Å². The number of rotatable bonds is 4. The molecule has 8 heteroatoms. The van der Waals surface area contributed by atoms with E-state index in [1.54, 1.807) is 13.8 Å². The van der Waals surface area contributed by atoms with Crippen LogP contribution in [0.2, 0.25) is 0 Å². The lowest BCUT2D eigenvalue weighted by Gasteiger charge is -2.64. The van der Waals surface area contributed by atoms with Gasteiger partial charge in [-0.2, -0.15) is 0 Å². The number of carbonyl (C=O) groups is 2. The summed E-state index contributed by atoms with van der Waals surface area (Å²) in [5.41, 5.74) is -5.82. The van der Waals surface area contributed by atoms with Crippen molar-refractivity contribution < 1.29 is 38.1 Å². The van der Waals surface area contributed by atoms with Gasteiger partial charge in [0.25, 0.3) is 0 Å². The first kappa shape index (κ1) is 23.5. The molecule has 0 spiro atoms. The van der Waals surface area contributed by atoms with Crippen LogP contribution in [0.25, 0.3) is 0 Å². The minimum atomic E-state index is -2.14. The predicted octanol–water partition coefficient (Wildman–Crippen LogP) is 2.98. The van der Waals surface area contributed by atoms with E-state index < -0.39 is 71.0 Å². The van der Waals surface area contributed by atoms with Crippen molar-refractivity contribution in [1.29, 1.82) is 0 Å². The van der Waals surface area contributed by atoms with Gasteiger partial charge in [0, 0.05) is 23.2 Å². The van der Waals surface area contributed by atoms with Gasteiger partial charge in [0.15, 0.2) is 23.5 Å². The van der Waals surface area contributed by atoms with Gasteiger partial charge in [0.1, 0.15) is 18.4 Å². The van der Waals surface area contributed by atoms with E-state index in [1.807, 2.05) is 6.92 Å². The SMILES string of the molecule is CCC[C@@H]1O[C@@H]2CC3C4C[C@H](F)C5=CC(=O)CC[C@]5(C)[C@@]4(F)[C@@H](O)C[C@]3(C)[C@]2(C(=O)CO)O1. The Morgan fingerprint density at radius 1 is 1.27 bits per heavy atom. The van der Waals surface area contributed by atoms with E-state index in [2.05, 4.69) is 0 Å². The highest BCUT2D eigenvalue weighted by Crippen LogP contribution is 2.72. The number of alkyl halides is 2. The number of hydrogen-bond donors (Lipinski definition) is 2. The Bertz CT molecular complexity index is 907. The van der Waals surface area contributed by atoms with Gasteiger partial charge in [0.2, 0.25) is 0 Å². The highest BCUT2D eigenvalue weighted by Gasteiger charge is 2.80. The van der Waals surface area contributed by atoms with E-state index in [0.717, 1.165) is 6.42 Å². The molecule has 1 saturated heterocycles. The van der Waals surface area contributed by atoms with Crippen molar-refractivity contribution in [1.82, 2.24) is 0 Å². The van der Waals surface area contributed by atoms with Gasteiger partial charge in [-0.15, -0.1) is 0 Å². The van der Waals surface area contributed by atoms with Crippen LogP contribution in [0.4, 0.5) is 8.78 Å². The third-order valence-electron chi connectivity index (χ3n) is 9.90. The van der Waals surface area contributed by atoms with Crippen LogP contribution in [0.3, 0.4) is 0 Å². The molecule has 1 aliphatic heterocycles. The van der Waals surface area contributed by atoms with E-state index in [-0.39, 0.29) is 37.0 Å². The number of halogens is 2. The van der Waals surface area contributed by atoms with Crippen LogP contribution in [-0.4, -0.2) is 64.3 Å². The maximum Gasteiger partial charge on any atom is 0.193 e.